The Labute approximate surface area is 162 Å². The molecule has 0 radical (unpaired) electrons. The fraction of sp³-hybridized carbons (Fsp3) is 0.389. The molecule has 1 fully saturated rings. The third kappa shape index (κ3) is 5.21. The maximum absolute atomic E-state index is 12.1. The number of piperazine rings is 1. The molecule has 0 atom stereocenters. The number of thioether (sulfide) groups is 1. The first-order chi connectivity index (χ1) is 12.6. The molecule has 1 amide bonds. The first-order valence-corrected chi connectivity index (χ1v) is 10.2. The lowest BCUT2D eigenvalue weighted by Gasteiger charge is -2.35. The molecule has 0 unspecified atom stereocenters. The molecule has 3 rings (SSSR count). The Bertz CT molecular complexity index is 776. The number of nitrogens with one attached hydrogen (secondary N) is 1. The van der Waals surface area contributed by atoms with E-state index in [0.717, 1.165) is 41.2 Å². The van der Waals surface area contributed by atoms with Crippen molar-refractivity contribution in [1.82, 2.24) is 15.1 Å². The second-order valence-electron chi connectivity index (χ2n) is 5.94. The van der Waals surface area contributed by atoms with E-state index in [0.29, 0.717) is 12.3 Å². The average molecular weight is 388 g/mol. The summed E-state index contributed by atoms with van der Waals surface area (Å²) in [5.74, 6) is 2.98. The van der Waals surface area contributed by atoms with Crippen molar-refractivity contribution in [2.45, 2.75) is 11.3 Å². The molecule has 0 aliphatic carbocycles. The highest BCUT2D eigenvalue weighted by Gasteiger charge is 2.16. The second-order valence-corrected chi connectivity index (χ2v) is 8.34. The lowest BCUT2D eigenvalue weighted by atomic mass is 10.2. The van der Waals surface area contributed by atoms with Crippen LogP contribution in [0.5, 0.6) is 0 Å². The van der Waals surface area contributed by atoms with E-state index in [1.54, 1.807) is 0 Å². The van der Waals surface area contributed by atoms with E-state index in [2.05, 4.69) is 31.2 Å². The zero-order valence-electron chi connectivity index (χ0n) is 14.6. The Kier molecular flexibility index (Phi) is 6.50. The number of aromatic nitrogens is 2. The summed E-state index contributed by atoms with van der Waals surface area (Å²) in [6.07, 6.45) is 5.37. The van der Waals surface area contributed by atoms with Gasteiger partial charge in [-0.05, 0) is 31.2 Å². The number of carbonyl (C=O) groups is 1. The zero-order valence-corrected chi connectivity index (χ0v) is 16.3. The van der Waals surface area contributed by atoms with Gasteiger partial charge in [0.05, 0.1) is 12.3 Å². The van der Waals surface area contributed by atoms with Gasteiger partial charge in [0.25, 0.3) is 0 Å². The number of terminal acetylenes is 1. The van der Waals surface area contributed by atoms with Gasteiger partial charge in [-0.3, -0.25) is 9.69 Å². The first kappa shape index (κ1) is 18.7. The van der Waals surface area contributed by atoms with Gasteiger partial charge in [-0.1, -0.05) is 29.0 Å². The Hall–Kier alpha value is -2.08. The van der Waals surface area contributed by atoms with E-state index in [1.807, 2.05) is 31.2 Å². The third-order valence-corrected chi connectivity index (χ3v) is 6.01. The summed E-state index contributed by atoms with van der Waals surface area (Å²) >= 11 is 2.90. The third-order valence-electron chi connectivity index (χ3n) is 4.04. The molecular weight excluding hydrogens is 366 g/mol. The minimum absolute atomic E-state index is 0.0431. The quantitative estimate of drug-likeness (QED) is 0.606. The van der Waals surface area contributed by atoms with E-state index < -0.39 is 0 Å². The molecule has 1 aliphatic heterocycles. The van der Waals surface area contributed by atoms with E-state index in [9.17, 15) is 4.79 Å². The number of nitrogens with zero attached hydrogens (tertiary/aromatic N) is 4. The molecule has 6 nitrogen and oxygen atoms in total. The normalized spacial score (nSPS) is 14.8. The Morgan fingerprint density at radius 3 is 2.62 bits per heavy atom. The number of rotatable bonds is 6. The molecule has 1 aromatic carbocycles. The van der Waals surface area contributed by atoms with Crippen LogP contribution in [0.25, 0.3) is 0 Å². The van der Waals surface area contributed by atoms with Crippen molar-refractivity contribution in [2.75, 3.05) is 48.7 Å². The van der Waals surface area contributed by atoms with Crippen molar-refractivity contribution in [3.05, 3.63) is 29.3 Å². The predicted molar refractivity (Wildman–Crippen MR) is 108 cm³/mol. The summed E-state index contributed by atoms with van der Waals surface area (Å²) < 4.78 is 0.817. The zero-order chi connectivity index (χ0) is 18.4. The summed E-state index contributed by atoms with van der Waals surface area (Å²) in [7, 11) is 0. The number of hydrogen-bond acceptors (Lipinski definition) is 7. The number of amides is 1. The number of carbonyl (C=O) groups excluding carboxylic acids is 1. The standard InChI is InChI=1S/C18H21N5OS2/c1-3-8-22-9-11-23(12-10-22)16-6-4-15(5-7-16)19-17(24)13-25-18-21-20-14(2)26-18/h1,4-7H,8-13H2,2H3,(H,19,24). The Morgan fingerprint density at radius 2 is 2.00 bits per heavy atom. The van der Waals surface area contributed by atoms with Crippen LogP contribution in [-0.4, -0.2) is 59.5 Å². The fourth-order valence-corrected chi connectivity index (χ4v) is 4.33. The van der Waals surface area contributed by atoms with Crippen LogP contribution in [0.3, 0.4) is 0 Å². The first-order valence-electron chi connectivity index (χ1n) is 8.37. The van der Waals surface area contributed by atoms with E-state index in [4.69, 9.17) is 6.42 Å². The summed E-state index contributed by atoms with van der Waals surface area (Å²) in [4.78, 5) is 16.7. The highest BCUT2D eigenvalue weighted by Crippen LogP contribution is 2.23. The molecule has 2 aromatic rings. The van der Waals surface area contributed by atoms with Crippen LogP contribution < -0.4 is 10.2 Å². The second kappa shape index (κ2) is 9.03. The number of hydrogen-bond donors (Lipinski definition) is 1. The largest absolute Gasteiger partial charge is 0.369 e. The Balaban J connectivity index is 1.47. The van der Waals surface area contributed by atoms with Crippen molar-refractivity contribution in [2.24, 2.45) is 0 Å². The average Bonchev–Trinajstić information content (AvgIpc) is 3.07. The summed E-state index contributed by atoms with van der Waals surface area (Å²) in [6, 6.07) is 7.99. The maximum atomic E-state index is 12.1. The molecule has 0 saturated carbocycles. The van der Waals surface area contributed by atoms with Crippen molar-refractivity contribution in [1.29, 1.82) is 0 Å². The smallest absolute Gasteiger partial charge is 0.234 e. The van der Waals surface area contributed by atoms with Gasteiger partial charge in [0.1, 0.15) is 5.01 Å². The number of anilines is 2. The molecule has 2 heterocycles. The molecule has 26 heavy (non-hydrogen) atoms. The summed E-state index contributed by atoms with van der Waals surface area (Å²) in [5, 5.41) is 11.8. The van der Waals surface area contributed by atoms with Crippen LogP contribution in [0.15, 0.2) is 28.6 Å². The van der Waals surface area contributed by atoms with Gasteiger partial charge in [0, 0.05) is 37.6 Å². The van der Waals surface area contributed by atoms with Gasteiger partial charge >= 0.3 is 0 Å². The molecule has 0 bridgehead atoms. The van der Waals surface area contributed by atoms with E-state index in [1.165, 1.54) is 28.8 Å². The van der Waals surface area contributed by atoms with E-state index >= 15 is 0 Å². The highest BCUT2D eigenvalue weighted by molar-refractivity contribution is 8.01. The van der Waals surface area contributed by atoms with Crippen LogP contribution in [0.2, 0.25) is 0 Å². The summed E-state index contributed by atoms with van der Waals surface area (Å²) in [5.41, 5.74) is 1.97. The SMILES string of the molecule is C#CCN1CCN(c2ccc(NC(=O)CSc3nnc(C)s3)cc2)CC1. The van der Waals surface area contributed by atoms with Gasteiger partial charge in [0.2, 0.25) is 5.91 Å². The van der Waals surface area contributed by atoms with Gasteiger partial charge in [-0.2, -0.15) is 0 Å². The molecular formula is C18H21N5OS2. The van der Waals surface area contributed by atoms with Crippen LogP contribution in [0, 0.1) is 19.3 Å². The minimum atomic E-state index is -0.0431. The van der Waals surface area contributed by atoms with Gasteiger partial charge in [-0.15, -0.1) is 16.6 Å². The molecule has 136 valence electrons. The van der Waals surface area contributed by atoms with Gasteiger partial charge < -0.3 is 10.2 Å². The molecule has 1 aromatic heterocycles. The van der Waals surface area contributed by atoms with Crippen molar-refractivity contribution in [3.8, 4) is 12.3 Å². The molecule has 1 N–H and O–H groups in total. The fourth-order valence-electron chi connectivity index (χ4n) is 2.71. The molecule has 1 aliphatic rings. The lowest BCUT2D eigenvalue weighted by molar-refractivity contribution is -0.113. The number of aryl methyl sites for hydroxylation is 1. The highest BCUT2D eigenvalue weighted by atomic mass is 32.2. The molecule has 8 heteroatoms. The minimum Gasteiger partial charge on any atom is -0.369 e. The topological polar surface area (TPSA) is 61.4 Å². The van der Waals surface area contributed by atoms with Gasteiger partial charge in [0.15, 0.2) is 4.34 Å². The Morgan fingerprint density at radius 1 is 1.27 bits per heavy atom. The van der Waals surface area contributed by atoms with Crippen LogP contribution >= 0.6 is 23.1 Å². The van der Waals surface area contributed by atoms with Crippen LogP contribution in [0.4, 0.5) is 11.4 Å². The monoisotopic (exact) mass is 387 g/mol. The van der Waals surface area contributed by atoms with E-state index in [-0.39, 0.29) is 5.91 Å². The van der Waals surface area contributed by atoms with Crippen molar-refractivity contribution in [3.63, 3.8) is 0 Å². The molecule has 0 spiro atoms. The maximum Gasteiger partial charge on any atom is 0.234 e. The summed E-state index contributed by atoms with van der Waals surface area (Å²) in [6.45, 7) is 6.50. The number of benzene rings is 1. The van der Waals surface area contributed by atoms with Crippen LogP contribution in [-0.2, 0) is 4.79 Å². The van der Waals surface area contributed by atoms with Crippen molar-refractivity contribution >= 4 is 40.4 Å². The van der Waals surface area contributed by atoms with Crippen molar-refractivity contribution < 1.29 is 4.79 Å². The predicted octanol–water partition coefficient (Wildman–Crippen LogP) is 2.33. The van der Waals surface area contributed by atoms with Crippen LogP contribution in [0.1, 0.15) is 5.01 Å². The molecule has 1 saturated heterocycles. The lowest BCUT2D eigenvalue weighted by Crippen LogP contribution is -2.46. The van der Waals surface area contributed by atoms with Gasteiger partial charge in [-0.25, -0.2) is 0 Å².